The van der Waals surface area contributed by atoms with Gasteiger partial charge in [-0.2, -0.15) is 0 Å². The molecular weight excluding hydrogens is 432 g/mol. The SMILES string of the molecule is CNCC(=O)NC1CCOC2CC3(CC=CC3)C(C(=O)NC3CCCc4ccccc43)N2C1=O. The maximum atomic E-state index is 13.9. The van der Waals surface area contributed by atoms with Crippen LogP contribution in [0.25, 0.3) is 0 Å². The Bertz CT molecular complexity index is 985. The summed E-state index contributed by atoms with van der Waals surface area (Å²) in [5.74, 6) is -0.581. The average molecular weight is 467 g/mol. The number of rotatable bonds is 5. The van der Waals surface area contributed by atoms with E-state index in [0.29, 0.717) is 19.4 Å². The number of carbonyl (C=O) groups excluding carboxylic acids is 3. The Morgan fingerprint density at radius 1 is 1.12 bits per heavy atom. The highest BCUT2D eigenvalue weighted by atomic mass is 16.5. The van der Waals surface area contributed by atoms with Crippen molar-refractivity contribution in [2.45, 2.75) is 69.3 Å². The molecule has 2 saturated heterocycles. The van der Waals surface area contributed by atoms with Crippen LogP contribution < -0.4 is 16.0 Å². The summed E-state index contributed by atoms with van der Waals surface area (Å²) in [6, 6.07) is 6.90. The fourth-order valence-electron chi connectivity index (χ4n) is 6.26. The van der Waals surface area contributed by atoms with E-state index in [1.807, 2.05) is 12.1 Å². The van der Waals surface area contributed by atoms with Crippen LogP contribution in [0.2, 0.25) is 0 Å². The minimum absolute atomic E-state index is 0.0583. The Hall–Kier alpha value is -2.71. The molecule has 3 N–H and O–H groups in total. The van der Waals surface area contributed by atoms with Crippen LogP contribution in [0.15, 0.2) is 36.4 Å². The maximum absolute atomic E-state index is 13.9. The molecule has 2 fully saturated rings. The number of likely N-dealkylation sites (N-methyl/N-ethyl adjacent to an activating group) is 1. The number of nitrogens with zero attached hydrogens (tertiary/aromatic N) is 1. The average Bonchev–Trinajstić information content (AvgIpc) is 3.39. The first-order valence-corrected chi connectivity index (χ1v) is 12.4. The minimum atomic E-state index is -0.693. The van der Waals surface area contributed by atoms with Gasteiger partial charge in [0.1, 0.15) is 18.3 Å². The number of benzene rings is 1. The van der Waals surface area contributed by atoms with Gasteiger partial charge in [0.05, 0.1) is 19.2 Å². The molecule has 5 rings (SSSR count). The first-order chi connectivity index (χ1) is 16.5. The summed E-state index contributed by atoms with van der Waals surface area (Å²) in [4.78, 5) is 41.5. The van der Waals surface area contributed by atoms with E-state index < -0.39 is 18.3 Å². The fourth-order valence-corrected chi connectivity index (χ4v) is 6.26. The monoisotopic (exact) mass is 466 g/mol. The molecule has 4 atom stereocenters. The van der Waals surface area contributed by atoms with Crippen LogP contribution in [0.5, 0.6) is 0 Å². The van der Waals surface area contributed by atoms with E-state index in [0.717, 1.165) is 32.1 Å². The Morgan fingerprint density at radius 3 is 2.71 bits per heavy atom. The standard InChI is InChI=1S/C26H34N4O4/c1-27-16-21(31)28-20-11-14-34-22-15-26(12-4-5-13-26)23(30(22)25(20)33)24(32)29-19-10-6-8-17-7-2-3-9-18(17)19/h2-5,7,9,19-20,22-23,27H,6,8,10-16H2,1H3,(H,28,31)(H,29,32). The van der Waals surface area contributed by atoms with Crippen molar-refractivity contribution >= 4 is 17.7 Å². The van der Waals surface area contributed by atoms with Crippen LogP contribution in [0, 0.1) is 5.41 Å². The Morgan fingerprint density at radius 2 is 1.91 bits per heavy atom. The molecule has 8 heteroatoms. The highest BCUT2D eigenvalue weighted by Gasteiger charge is 2.59. The number of aryl methyl sites for hydroxylation is 1. The quantitative estimate of drug-likeness (QED) is 0.572. The molecule has 4 aliphatic rings. The van der Waals surface area contributed by atoms with Crippen molar-refractivity contribution in [2.24, 2.45) is 5.41 Å². The number of carbonyl (C=O) groups is 3. The van der Waals surface area contributed by atoms with Crippen molar-refractivity contribution in [2.75, 3.05) is 20.2 Å². The lowest BCUT2D eigenvalue weighted by Crippen LogP contribution is -2.58. The summed E-state index contributed by atoms with van der Waals surface area (Å²) in [6.07, 6.45) is 9.21. The van der Waals surface area contributed by atoms with E-state index in [9.17, 15) is 14.4 Å². The fraction of sp³-hybridized carbons (Fsp3) is 0.577. The van der Waals surface area contributed by atoms with Crippen LogP contribution in [-0.2, 0) is 25.5 Å². The van der Waals surface area contributed by atoms with Crippen molar-refractivity contribution in [3.63, 3.8) is 0 Å². The smallest absolute Gasteiger partial charge is 0.247 e. The van der Waals surface area contributed by atoms with Crippen LogP contribution in [0.4, 0.5) is 0 Å². The first-order valence-electron chi connectivity index (χ1n) is 12.4. The van der Waals surface area contributed by atoms with E-state index in [2.05, 4.69) is 40.2 Å². The first kappa shape index (κ1) is 23.1. The summed E-state index contributed by atoms with van der Waals surface area (Å²) in [6.45, 7) is 0.498. The molecule has 182 valence electrons. The van der Waals surface area contributed by atoms with Crippen LogP contribution in [0.3, 0.4) is 0 Å². The zero-order valence-electron chi connectivity index (χ0n) is 19.7. The molecule has 0 bridgehead atoms. The second kappa shape index (κ2) is 9.50. The number of nitrogens with one attached hydrogen (secondary N) is 3. The summed E-state index contributed by atoms with van der Waals surface area (Å²) in [7, 11) is 1.69. The molecule has 0 radical (unpaired) electrons. The third-order valence-corrected chi connectivity index (χ3v) is 7.84. The lowest BCUT2D eigenvalue weighted by Gasteiger charge is -2.37. The molecule has 2 heterocycles. The molecule has 8 nitrogen and oxygen atoms in total. The maximum Gasteiger partial charge on any atom is 0.247 e. The molecular formula is C26H34N4O4. The van der Waals surface area contributed by atoms with Crippen LogP contribution >= 0.6 is 0 Å². The number of fused-ring (bicyclic) bond motifs is 2. The Labute approximate surface area is 200 Å². The summed E-state index contributed by atoms with van der Waals surface area (Å²) in [5.41, 5.74) is 2.09. The number of amides is 3. The van der Waals surface area contributed by atoms with E-state index >= 15 is 0 Å². The lowest BCUT2D eigenvalue weighted by atomic mass is 9.77. The van der Waals surface area contributed by atoms with E-state index in [1.165, 1.54) is 11.1 Å². The normalized spacial score (nSPS) is 29.4. The third kappa shape index (κ3) is 4.14. The van der Waals surface area contributed by atoms with Gasteiger partial charge in [-0.3, -0.25) is 14.4 Å². The Balaban J connectivity index is 1.42. The van der Waals surface area contributed by atoms with E-state index in [4.69, 9.17) is 4.74 Å². The van der Waals surface area contributed by atoms with Crippen LogP contribution in [0.1, 0.15) is 55.7 Å². The van der Waals surface area contributed by atoms with Gasteiger partial charge in [0.15, 0.2) is 0 Å². The van der Waals surface area contributed by atoms with E-state index in [-0.39, 0.29) is 35.7 Å². The van der Waals surface area contributed by atoms with Gasteiger partial charge in [-0.25, -0.2) is 0 Å². The molecule has 1 aromatic rings. The Kier molecular flexibility index (Phi) is 6.44. The summed E-state index contributed by atoms with van der Waals surface area (Å²) in [5, 5.41) is 8.95. The molecule has 3 amide bonds. The molecule has 2 aliphatic carbocycles. The van der Waals surface area contributed by atoms with Crippen molar-refractivity contribution in [1.29, 1.82) is 0 Å². The molecule has 0 aromatic heterocycles. The number of hydrogen-bond acceptors (Lipinski definition) is 5. The van der Waals surface area contributed by atoms with Gasteiger partial charge in [0.2, 0.25) is 17.7 Å². The molecule has 2 aliphatic heterocycles. The van der Waals surface area contributed by atoms with Crippen molar-refractivity contribution < 1.29 is 19.1 Å². The topological polar surface area (TPSA) is 99.8 Å². The molecule has 1 spiro atoms. The van der Waals surface area contributed by atoms with Crippen LogP contribution in [-0.4, -0.2) is 61.1 Å². The summed E-state index contributed by atoms with van der Waals surface area (Å²) < 4.78 is 6.11. The number of hydrogen-bond donors (Lipinski definition) is 3. The molecule has 4 unspecified atom stereocenters. The van der Waals surface area contributed by atoms with Gasteiger partial charge >= 0.3 is 0 Å². The van der Waals surface area contributed by atoms with Crippen molar-refractivity contribution in [3.8, 4) is 0 Å². The lowest BCUT2D eigenvalue weighted by molar-refractivity contribution is -0.150. The highest BCUT2D eigenvalue weighted by molar-refractivity contribution is 5.94. The zero-order chi connectivity index (χ0) is 23.7. The molecule has 1 aromatic carbocycles. The van der Waals surface area contributed by atoms with Crippen molar-refractivity contribution in [3.05, 3.63) is 47.5 Å². The third-order valence-electron chi connectivity index (χ3n) is 7.84. The van der Waals surface area contributed by atoms with Crippen molar-refractivity contribution in [1.82, 2.24) is 20.9 Å². The zero-order valence-corrected chi connectivity index (χ0v) is 19.7. The van der Waals surface area contributed by atoms with Gasteiger partial charge in [-0.1, -0.05) is 36.4 Å². The summed E-state index contributed by atoms with van der Waals surface area (Å²) >= 11 is 0. The molecule has 34 heavy (non-hydrogen) atoms. The van der Waals surface area contributed by atoms with E-state index in [1.54, 1.807) is 11.9 Å². The second-order valence-electron chi connectivity index (χ2n) is 10.0. The number of ether oxygens (including phenoxy) is 1. The number of allylic oxidation sites excluding steroid dienone is 2. The minimum Gasteiger partial charge on any atom is -0.358 e. The highest BCUT2D eigenvalue weighted by Crippen LogP contribution is 2.51. The van der Waals surface area contributed by atoms with Gasteiger partial charge in [-0.05, 0) is 50.3 Å². The van der Waals surface area contributed by atoms with Gasteiger partial charge < -0.3 is 25.6 Å². The second-order valence-corrected chi connectivity index (χ2v) is 10.0. The predicted molar refractivity (Wildman–Crippen MR) is 127 cm³/mol. The van der Waals surface area contributed by atoms with Gasteiger partial charge in [-0.15, -0.1) is 0 Å². The largest absolute Gasteiger partial charge is 0.358 e. The predicted octanol–water partition coefficient (Wildman–Crippen LogP) is 1.57. The van der Waals surface area contributed by atoms with Gasteiger partial charge in [0, 0.05) is 18.3 Å². The van der Waals surface area contributed by atoms with Gasteiger partial charge in [0.25, 0.3) is 0 Å². The molecule has 0 saturated carbocycles.